The molecule has 1 aliphatic rings. The molecule has 1 rings (SSSR count). The third-order valence-corrected chi connectivity index (χ3v) is 3.56. The van der Waals surface area contributed by atoms with Crippen molar-refractivity contribution >= 4 is 24.3 Å². The van der Waals surface area contributed by atoms with Crippen LogP contribution in [-0.4, -0.2) is 40.6 Å². The first-order valence-corrected chi connectivity index (χ1v) is 8.04. The van der Waals surface area contributed by atoms with Crippen molar-refractivity contribution in [2.45, 2.75) is 64.7 Å². The number of carbonyl (C=O) groups is 1. The van der Waals surface area contributed by atoms with Crippen LogP contribution in [0.5, 0.6) is 0 Å². The molecule has 1 heterocycles. The van der Waals surface area contributed by atoms with E-state index in [0.29, 0.717) is 5.92 Å². The fourth-order valence-corrected chi connectivity index (χ4v) is 2.38. The smallest absolute Gasteiger partial charge is 0.410 e. The molecular formula is C15H28N2O2S. The van der Waals surface area contributed by atoms with Gasteiger partial charge in [0.15, 0.2) is 0 Å². The Bertz CT molecular complexity index is 348. The number of likely N-dealkylation sites (tertiary alicyclic amines) is 1. The van der Waals surface area contributed by atoms with E-state index in [-0.39, 0.29) is 10.8 Å². The van der Waals surface area contributed by atoms with Gasteiger partial charge in [0.25, 0.3) is 0 Å². The van der Waals surface area contributed by atoms with Crippen molar-refractivity contribution in [1.29, 1.82) is 0 Å². The maximum Gasteiger partial charge on any atom is 0.410 e. The number of piperidine rings is 1. The molecule has 0 unspecified atom stereocenters. The van der Waals surface area contributed by atoms with E-state index in [0.717, 1.165) is 25.9 Å². The average Bonchev–Trinajstić information content (AvgIpc) is 2.25. The molecule has 1 amide bonds. The van der Waals surface area contributed by atoms with Crippen LogP contribution < -0.4 is 0 Å². The van der Waals surface area contributed by atoms with Gasteiger partial charge in [0.1, 0.15) is 5.60 Å². The molecule has 5 heteroatoms. The lowest BCUT2D eigenvalue weighted by Gasteiger charge is -2.32. The molecule has 1 fully saturated rings. The van der Waals surface area contributed by atoms with E-state index in [1.165, 1.54) is 0 Å². The highest BCUT2D eigenvalue weighted by Crippen LogP contribution is 2.25. The van der Waals surface area contributed by atoms with Crippen LogP contribution in [0.3, 0.4) is 0 Å². The van der Waals surface area contributed by atoms with Crippen molar-refractivity contribution in [3.8, 4) is 0 Å². The summed E-state index contributed by atoms with van der Waals surface area (Å²) in [5, 5.41) is 0. The summed E-state index contributed by atoms with van der Waals surface area (Å²) in [7, 11) is 0. The molecule has 4 nitrogen and oxygen atoms in total. The minimum Gasteiger partial charge on any atom is -0.444 e. The molecule has 1 saturated heterocycles. The van der Waals surface area contributed by atoms with E-state index < -0.39 is 5.60 Å². The van der Waals surface area contributed by atoms with E-state index in [1.807, 2.05) is 27.0 Å². The summed E-state index contributed by atoms with van der Waals surface area (Å²) in [5.41, 5.74) is -0.418. The number of rotatable bonds is 2. The van der Waals surface area contributed by atoms with Gasteiger partial charge in [-0.3, -0.25) is 0 Å². The molecule has 0 aromatic heterocycles. The van der Waals surface area contributed by atoms with Gasteiger partial charge in [-0.15, -0.1) is 0 Å². The summed E-state index contributed by atoms with van der Waals surface area (Å²) in [5.74, 6) is 0.475. The van der Waals surface area contributed by atoms with Crippen molar-refractivity contribution in [1.82, 2.24) is 4.90 Å². The topological polar surface area (TPSA) is 41.9 Å². The lowest BCUT2D eigenvalue weighted by atomic mass is 9.99. The van der Waals surface area contributed by atoms with Crippen LogP contribution in [0.2, 0.25) is 0 Å². The first-order valence-electron chi connectivity index (χ1n) is 7.26. The van der Waals surface area contributed by atoms with Crippen molar-refractivity contribution in [2.24, 2.45) is 10.3 Å². The van der Waals surface area contributed by atoms with Gasteiger partial charge in [-0.05, 0) is 72.2 Å². The Morgan fingerprint density at radius 3 is 2.20 bits per heavy atom. The van der Waals surface area contributed by atoms with E-state index >= 15 is 0 Å². The highest BCUT2D eigenvalue weighted by atomic mass is 32.2. The van der Waals surface area contributed by atoms with Crippen LogP contribution in [0, 0.1) is 5.92 Å². The number of ether oxygens (including phenoxy) is 1. The molecule has 0 aromatic rings. The molecule has 0 aromatic carbocycles. The third-order valence-electron chi connectivity index (χ3n) is 2.79. The number of hydrogen-bond acceptors (Lipinski definition) is 4. The number of nitrogens with zero attached hydrogens (tertiary/aromatic N) is 2. The van der Waals surface area contributed by atoms with Crippen LogP contribution in [0.4, 0.5) is 4.79 Å². The summed E-state index contributed by atoms with van der Waals surface area (Å²) < 4.78 is 10.0. The zero-order valence-electron chi connectivity index (χ0n) is 13.6. The lowest BCUT2D eigenvalue weighted by Crippen LogP contribution is -2.41. The Balaban J connectivity index is 2.35. The van der Waals surface area contributed by atoms with Gasteiger partial charge in [0.05, 0.1) is 0 Å². The molecule has 0 N–H and O–H groups in total. The average molecular weight is 300 g/mol. The molecule has 0 saturated carbocycles. The highest BCUT2D eigenvalue weighted by Gasteiger charge is 2.26. The standard InChI is InChI=1S/C15H28N2O2S/c1-14(2,3)19-13(18)17-9-7-12(8-10-17)11-16-20-15(4,5)6/h11-12H,7-10H2,1-6H3/b16-11-. The van der Waals surface area contributed by atoms with Gasteiger partial charge in [0.2, 0.25) is 0 Å². The van der Waals surface area contributed by atoms with Crippen molar-refractivity contribution in [3.63, 3.8) is 0 Å². The molecule has 0 spiro atoms. The zero-order chi connectivity index (χ0) is 15.4. The van der Waals surface area contributed by atoms with Gasteiger partial charge in [-0.1, -0.05) is 0 Å². The largest absolute Gasteiger partial charge is 0.444 e. The quantitative estimate of drug-likeness (QED) is 0.568. The molecule has 20 heavy (non-hydrogen) atoms. The van der Waals surface area contributed by atoms with Crippen LogP contribution in [0.15, 0.2) is 4.40 Å². The summed E-state index contributed by atoms with van der Waals surface area (Å²) in [6, 6.07) is 0. The van der Waals surface area contributed by atoms with Crippen LogP contribution >= 0.6 is 11.9 Å². The number of amides is 1. The Hall–Kier alpha value is -0.710. The maximum absolute atomic E-state index is 11.9. The second-order valence-electron chi connectivity index (χ2n) is 7.26. The molecule has 116 valence electrons. The van der Waals surface area contributed by atoms with E-state index in [2.05, 4.69) is 25.2 Å². The first kappa shape index (κ1) is 17.3. The van der Waals surface area contributed by atoms with Gasteiger partial charge < -0.3 is 9.64 Å². The minimum absolute atomic E-state index is 0.160. The molecule has 0 bridgehead atoms. The second kappa shape index (κ2) is 6.83. The highest BCUT2D eigenvalue weighted by molar-refractivity contribution is 7.99. The summed E-state index contributed by atoms with van der Waals surface area (Å²) in [4.78, 5) is 13.7. The van der Waals surface area contributed by atoms with E-state index in [1.54, 1.807) is 16.8 Å². The van der Waals surface area contributed by atoms with Gasteiger partial charge in [0, 0.05) is 24.1 Å². The SMILES string of the molecule is CC(C)(C)OC(=O)N1CCC(/C=N\SC(C)(C)C)CC1. The zero-order valence-corrected chi connectivity index (χ0v) is 14.4. The predicted molar refractivity (Wildman–Crippen MR) is 86.4 cm³/mol. The van der Waals surface area contributed by atoms with Crippen LogP contribution in [0.1, 0.15) is 54.4 Å². The summed E-state index contributed by atoms with van der Waals surface area (Å²) in [6.07, 6.45) is 3.78. The maximum atomic E-state index is 11.9. The normalized spacial score (nSPS) is 18.6. The fourth-order valence-electron chi connectivity index (χ4n) is 1.83. The monoisotopic (exact) mass is 300 g/mol. The van der Waals surface area contributed by atoms with Gasteiger partial charge >= 0.3 is 6.09 Å². The van der Waals surface area contributed by atoms with E-state index in [4.69, 9.17) is 4.74 Å². The summed E-state index contributed by atoms with van der Waals surface area (Å²) in [6.45, 7) is 13.7. The third kappa shape index (κ3) is 7.17. The summed E-state index contributed by atoms with van der Waals surface area (Å²) >= 11 is 1.61. The Kier molecular flexibility index (Phi) is 5.92. The minimum atomic E-state index is -0.418. The number of hydrogen-bond donors (Lipinski definition) is 0. The van der Waals surface area contributed by atoms with Gasteiger partial charge in [-0.2, -0.15) is 0 Å². The van der Waals surface area contributed by atoms with Crippen LogP contribution in [0.25, 0.3) is 0 Å². The van der Waals surface area contributed by atoms with Crippen LogP contribution in [-0.2, 0) is 4.74 Å². The predicted octanol–water partition coefficient (Wildman–Crippen LogP) is 4.15. The van der Waals surface area contributed by atoms with Crippen molar-refractivity contribution in [3.05, 3.63) is 0 Å². The molecule has 0 aliphatic carbocycles. The Morgan fingerprint density at radius 2 is 1.75 bits per heavy atom. The Morgan fingerprint density at radius 1 is 1.20 bits per heavy atom. The molecule has 1 aliphatic heterocycles. The lowest BCUT2D eigenvalue weighted by molar-refractivity contribution is 0.0203. The Labute approximate surface area is 127 Å². The fraction of sp³-hybridized carbons (Fsp3) is 0.867. The van der Waals surface area contributed by atoms with Crippen molar-refractivity contribution < 1.29 is 9.53 Å². The molecule has 0 atom stereocenters. The first-order chi connectivity index (χ1) is 9.07. The second-order valence-corrected chi connectivity index (χ2v) is 8.88. The molecule has 0 radical (unpaired) electrons. The van der Waals surface area contributed by atoms with Gasteiger partial charge in [-0.25, -0.2) is 9.19 Å². The van der Waals surface area contributed by atoms with Crippen molar-refractivity contribution in [2.75, 3.05) is 13.1 Å². The van der Waals surface area contributed by atoms with E-state index in [9.17, 15) is 4.79 Å². The molecular weight excluding hydrogens is 272 g/mol. The number of carbonyl (C=O) groups excluding carboxylic acids is 1.